The molecule has 1 aromatic carbocycles. The van der Waals surface area contributed by atoms with Gasteiger partial charge in [-0.15, -0.1) is 0 Å². The van der Waals surface area contributed by atoms with Crippen molar-refractivity contribution in [1.82, 2.24) is 0 Å². The van der Waals surface area contributed by atoms with Gasteiger partial charge in [0, 0.05) is 12.2 Å². The normalized spacial score (nSPS) is 10.7. The Kier molecular flexibility index (Phi) is 4.85. The Morgan fingerprint density at radius 3 is 2.61 bits per heavy atom. The van der Waals surface area contributed by atoms with Crippen molar-refractivity contribution in [2.45, 2.75) is 6.43 Å². The smallest absolute Gasteiger partial charge is 0.337 e. The summed E-state index contributed by atoms with van der Waals surface area (Å²) in [6, 6.07) is 3.99. The highest BCUT2D eigenvalue weighted by Crippen LogP contribution is 2.24. The minimum absolute atomic E-state index is 0.0749. The number of aliphatic hydroxyl groups is 1. The first-order valence-corrected chi connectivity index (χ1v) is 5.22. The number of rotatable bonds is 6. The fraction of sp³-hybridized carbons (Fsp3) is 0.364. The van der Waals surface area contributed by atoms with Crippen LogP contribution in [0.2, 0.25) is 0 Å². The number of carboxylic acid groups (broad SMARTS) is 1. The van der Waals surface area contributed by atoms with Gasteiger partial charge in [-0.05, 0) is 18.2 Å². The van der Waals surface area contributed by atoms with Crippen LogP contribution < -0.4 is 10.6 Å². The third-order valence-electron chi connectivity index (χ3n) is 2.32. The fourth-order valence-electron chi connectivity index (χ4n) is 1.60. The number of nitrogens with two attached hydrogens (primary N) is 1. The monoisotopic (exact) mass is 260 g/mol. The van der Waals surface area contributed by atoms with Gasteiger partial charge in [-0.3, -0.25) is 0 Å². The third-order valence-corrected chi connectivity index (χ3v) is 2.32. The zero-order valence-corrected chi connectivity index (χ0v) is 9.51. The van der Waals surface area contributed by atoms with Crippen molar-refractivity contribution in [1.29, 1.82) is 0 Å². The van der Waals surface area contributed by atoms with Gasteiger partial charge in [-0.25, -0.2) is 13.6 Å². The Hall–Kier alpha value is -1.89. The van der Waals surface area contributed by atoms with Gasteiger partial charge in [0.15, 0.2) is 0 Å². The number of aliphatic hydroxyl groups excluding tert-OH is 1. The number of hydrogen-bond acceptors (Lipinski definition) is 4. The molecule has 0 aliphatic heterocycles. The lowest BCUT2D eigenvalue weighted by atomic mass is 10.1. The first-order chi connectivity index (χ1) is 8.45. The molecule has 0 atom stereocenters. The van der Waals surface area contributed by atoms with E-state index in [-0.39, 0.29) is 30.1 Å². The van der Waals surface area contributed by atoms with Gasteiger partial charge >= 0.3 is 5.97 Å². The molecule has 0 unspecified atom stereocenters. The molecule has 0 fully saturated rings. The van der Waals surface area contributed by atoms with Crippen LogP contribution in [0.15, 0.2) is 18.2 Å². The SMILES string of the molecule is Nc1ccc(N(CCO)CC(F)F)c(C(=O)O)c1. The molecule has 0 amide bonds. The number of anilines is 2. The molecule has 0 aromatic heterocycles. The molecular weight excluding hydrogens is 246 g/mol. The maximum Gasteiger partial charge on any atom is 0.337 e. The molecule has 0 radical (unpaired) electrons. The van der Waals surface area contributed by atoms with Crippen molar-refractivity contribution in [2.75, 3.05) is 30.3 Å². The number of carboxylic acids is 1. The highest BCUT2D eigenvalue weighted by molar-refractivity contribution is 5.95. The van der Waals surface area contributed by atoms with E-state index in [0.717, 1.165) is 4.90 Å². The van der Waals surface area contributed by atoms with Crippen LogP contribution in [0.5, 0.6) is 0 Å². The molecule has 0 saturated heterocycles. The van der Waals surface area contributed by atoms with Crippen LogP contribution in [-0.2, 0) is 0 Å². The molecule has 1 rings (SSSR count). The Bertz CT molecular complexity index is 427. The summed E-state index contributed by atoms with van der Waals surface area (Å²) in [5.41, 5.74) is 5.65. The maximum atomic E-state index is 12.4. The van der Waals surface area contributed by atoms with E-state index in [2.05, 4.69) is 0 Å². The second-order valence-electron chi connectivity index (χ2n) is 3.64. The minimum Gasteiger partial charge on any atom is -0.478 e. The number of alkyl halides is 2. The van der Waals surface area contributed by atoms with Crippen molar-refractivity contribution in [3.8, 4) is 0 Å². The summed E-state index contributed by atoms with van der Waals surface area (Å²) in [4.78, 5) is 12.2. The van der Waals surface area contributed by atoms with Crippen LogP contribution >= 0.6 is 0 Å². The predicted molar refractivity (Wildman–Crippen MR) is 63.1 cm³/mol. The van der Waals surface area contributed by atoms with E-state index >= 15 is 0 Å². The first kappa shape index (κ1) is 14.2. The van der Waals surface area contributed by atoms with Crippen LogP contribution in [0, 0.1) is 0 Å². The topological polar surface area (TPSA) is 86.8 Å². The predicted octanol–water partition coefficient (Wildman–Crippen LogP) is 1.03. The number of nitrogens with zero attached hydrogens (tertiary/aromatic N) is 1. The quantitative estimate of drug-likeness (QED) is 0.665. The molecule has 0 heterocycles. The standard InChI is InChI=1S/C11H14F2N2O3/c12-10(13)6-15(3-4-16)9-2-1-7(14)5-8(9)11(17)18/h1-2,5,10,16H,3-4,6,14H2,(H,17,18). The molecule has 0 spiro atoms. The molecule has 100 valence electrons. The molecule has 0 bridgehead atoms. The first-order valence-electron chi connectivity index (χ1n) is 5.22. The summed E-state index contributed by atoms with van der Waals surface area (Å²) in [5, 5.41) is 17.8. The molecule has 1 aromatic rings. The largest absolute Gasteiger partial charge is 0.478 e. The molecule has 18 heavy (non-hydrogen) atoms. The number of halogens is 2. The van der Waals surface area contributed by atoms with Crippen LogP contribution in [0.3, 0.4) is 0 Å². The van der Waals surface area contributed by atoms with Crippen molar-refractivity contribution in [2.24, 2.45) is 0 Å². The van der Waals surface area contributed by atoms with E-state index < -0.39 is 18.9 Å². The van der Waals surface area contributed by atoms with Gasteiger partial charge in [0.05, 0.1) is 24.4 Å². The summed E-state index contributed by atoms with van der Waals surface area (Å²) in [5.74, 6) is -1.26. The highest BCUT2D eigenvalue weighted by atomic mass is 19.3. The van der Waals surface area contributed by atoms with Gasteiger partial charge in [0.25, 0.3) is 6.43 Å². The molecule has 7 heteroatoms. The van der Waals surface area contributed by atoms with E-state index in [1.165, 1.54) is 18.2 Å². The third kappa shape index (κ3) is 3.56. The molecular formula is C11H14F2N2O3. The number of hydrogen-bond donors (Lipinski definition) is 3. The van der Waals surface area contributed by atoms with E-state index in [1.54, 1.807) is 0 Å². The summed E-state index contributed by atoms with van der Waals surface area (Å²) in [7, 11) is 0. The van der Waals surface area contributed by atoms with Crippen molar-refractivity contribution >= 4 is 17.3 Å². The van der Waals surface area contributed by atoms with E-state index in [0.29, 0.717) is 0 Å². The molecule has 4 N–H and O–H groups in total. The summed E-state index contributed by atoms with van der Waals surface area (Å²) in [6.07, 6.45) is -2.63. The Morgan fingerprint density at radius 2 is 2.11 bits per heavy atom. The fourth-order valence-corrected chi connectivity index (χ4v) is 1.60. The average Bonchev–Trinajstić information content (AvgIpc) is 2.27. The van der Waals surface area contributed by atoms with Gasteiger partial charge in [0.1, 0.15) is 0 Å². The lowest BCUT2D eigenvalue weighted by Crippen LogP contribution is -2.32. The Balaban J connectivity index is 3.13. The second-order valence-corrected chi connectivity index (χ2v) is 3.64. The minimum atomic E-state index is -2.63. The van der Waals surface area contributed by atoms with Gasteiger partial charge < -0.3 is 20.8 Å². The number of carbonyl (C=O) groups is 1. The molecule has 0 aliphatic rings. The van der Waals surface area contributed by atoms with Crippen LogP contribution in [-0.4, -0.2) is 42.3 Å². The van der Waals surface area contributed by atoms with Crippen molar-refractivity contribution in [3.63, 3.8) is 0 Å². The molecule has 0 saturated carbocycles. The van der Waals surface area contributed by atoms with E-state index in [9.17, 15) is 13.6 Å². The van der Waals surface area contributed by atoms with E-state index in [1.807, 2.05) is 0 Å². The number of benzene rings is 1. The number of nitrogen functional groups attached to an aromatic ring is 1. The summed E-state index contributed by atoms with van der Waals surface area (Å²) >= 11 is 0. The lowest BCUT2D eigenvalue weighted by molar-refractivity contribution is 0.0696. The second kappa shape index (κ2) is 6.15. The summed E-state index contributed by atoms with van der Waals surface area (Å²) < 4.78 is 24.8. The van der Waals surface area contributed by atoms with Gasteiger partial charge in [-0.1, -0.05) is 0 Å². The highest BCUT2D eigenvalue weighted by Gasteiger charge is 2.19. The zero-order valence-electron chi connectivity index (χ0n) is 9.51. The van der Waals surface area contributed by atoms with Crippen molar-refractivity contribution < 1.29 is 23.8 Å². The van der Waals surface area contributed by atoms with Crippen LogP contribution in [0.1, 0.15) is 10.4 Å². The average molecular weight is 260 g/mol. The van der Waals surface area contributed by atoms with Crippen molar-refractivity contribution in [3.05, 3.63) is 23.8 Å². The lowest BCUT2D eigenvalue weighted by Gasteiger charge is -2.25. The summed E-state index contributed by atoms with van der Waals surface area (Å²) in [6.45, 7) is -1.07. The Labute approximate surface area is 102 Å². The number of aromatic carboxylic acids is 1. The Morgan fingerprint density at radius 1 is 1.44 bits per heavy atom. The van der Waals surface area contributed by atoms with Crippen LogP contribution in [0.4, 0.5) is 20.2 Å². The molecule has 5 nitrogen and oxygen atoms in total. The zero-order chi connectivity index (χ0) is 13.7. The van der Waals surface area contributed by atoms with Gasteiger partial charge in [-0.2, -0.15) is 0 Å². The van der Waals surface area contributed by atoms with Crippen LogP contribution in [0.25, 0.3) is 0 Å². The molecule has 0 aliphatic carbocycles. The van der Waals surface area contributed by atoms with Gasteiger partial charge in [0.2, 0.25) is 0 Å². The van der Waals surface area contributed by atoms with E-state index in [4.69, 9.17) is 15.9 Å². The maximum absolute atomic E-state index is 12.4.